The Morgan fingerprint density at radius 3 is 3.00 bits per heavy atom. The number of nitrogens with one attached hydrogen (secondary N) is 1. The van der Waals surface area contributed by atoms with E-state index < -0.39 is 23.8 Å². The lowest BCUT2D eigenvalue weighted by Gasteiger charge is -2.30. The molecule has 1 saturated heterocycles. The number of rotatable bonds is 1. The first-order chi connectivity index (χ1) is 7.59. The highest BCUT2D eigenvalue weighted by atomic mass is 16.5. The lowest BCUT2D eigenvalue weighted by molar-refractivity contribution is -0.138. The number of carbonyl (C=O) groups is 3. The molecule has 1 N–H and O–H groups in total. The molecule has 1 atom stereocenters. The largest absolute Gasteiger partial charge is 0.351 e. The monoisotopic (exact) mass is 223 g/mol. The Bertz CT molecular complexity index is 440. The summed E-state index contributed by atoms with van der Waals surface area (Å²) in [6, 6.07) is 0.682. The van der Waals surface area contributed by atoms with E-state index in [1.54, 1.807) is 0 Å². The third-order valence-corrected chi connectivity index (χ3v) is 2.33. The molecule has 0 radical (unpaired) electrons. The molecule has 0 aromatic carbocycles. The summed E-state index contributed by atoms with van der Waals surface area (Å²) in [4.78, 5) is 35.4. The number of hydrogen-bond acceptors (Lipinski definition) is 5. The lowest BCUT2D eigenvalue weighted by Crippen LogP contribution is -2.58. The van der Waals surface area contributed by atoms with Crippen molar-refractivity contribution >= 4 is 17.7 Å². The van der Waals surface area contributed by atoms with Crippen LogP contribution in [0.4, 0.5) is 0 Å². The summed E-state index contributed by atoms with van der Waals surface area (Å²) in [5.74, 6) is -1.51. The molecule has 1 aliphatic rings. The molecule has 1 aromatic rings. The van der Waals surface area contributed by atoms with Gasteiger partial charge >= 0.3 is 0 Å². The van der Waals surface area contributed by atoms with Crippen LogP contribution in [0.15, 0.2) is 16.8 Å². The van der Waals surface area contributed by atoms with E-state index >= 15 is 0 Å². The SMILES string of the molecule is CC1C(=O)NC(=O)CN1C(=O)c1ccno1. The topological polar surface area (TPSA) is 92.5 Å². The molecular weight excluding hydrogens is 214 g/mol. The second-order valence-corrected chi connectivity index (χ2v) is 3.40. The molecule has 1 unspecified atom stereocenters. The molecule has 2 rings (SSSR count). The maximum absolute atomic E-state index is 11.8. The number of piperazine rings is 1. The van der Waals surface area contributed by atoms with Crippen LogP contribution in [0, 0.1) is 0 Å². The third-order valence-electron chi connectivity index (χ3n) is 2.33. The van der Waals surface area contributed by atoms with Gasteiger partial charge in [-0.2, -0.15) is 0 Å². The number of imide groups is 1. The van der Waals surface area contributed by atoms with Crippen LogP contribution in [-0.2, 0) is 9.59 Å². The van der Waals surface area contributed by atoms with Crippen molar-refractivity contribution in [3.05, 3.63) is 18.0 Å². The summed E-state index contributed by atoms with van der Waals surface area (Å²) in [6.07, 6.45) is 1.32. The Kier molecular flexibility index (Phi) is 2.43. The lowest BCUT2D eigenvalue weighted by atomic mass is 10.2. The van der Waals surface area contributed by atoms with Gasteiger partial charge in [-0.3, -0.25) is 19.7 Å². The molecule has 0 spiro atoms. The molecule has 1 fully saturated rings. The summed E-state index contributed by atoms with van der Waals surface area (Å²) < 4.78 is 4.68. The average molecular weight is 223 g/mol. The van der Waals surface area contributed by atoms with Gasteiger partial charge in [-0.1, -0.05) is 5.16 Å². The van der Waals surface area contributed by atoms with Gasteiger partial charge in [0.15, 0.2) is 0 Å². The first kappa shape index (κ1) is 10.3. The van der Waals surface area contributed by atoms with Crippen LogP contribution in [-0.4, -0.2) is 40.4 Å². The molecular formula is C9H9N3O4. The number of amides is 3. The number of nitrogens with zero attached hydrogens (tertiary/aromatic N) is 2. The summed E-state index contributed by atoms with van der Waals surface area (Å²) in [6.45, 7) is 1.38. The maximum Gasteiger partial charge on any atom is 0.293 e. The second-order valence-electron chi connectivity index (χ2n) is 3.40. The zero-order valence-electron chi connectivity index (χ0n) is 8.47. The van der Waals surface area contributed by atoms with Crippen LogP contribution in [0.2, 0.25) is 0 Å². The Hall–Kier alpha value is -2.18. The van der Waals surface area contributed by atoms with Crippen molar-refractivity contribution in [3.63, 3.8) is 0 Å². The molecule has 2 heterocycles. The minimum Gasteiger partial charge on any atom is -0.351 e. The van der Waals surface area contributed by atoms with E-state index in [0.717, 1.165) is 4.90 Å². The fraction of sp³-hybridized carbons (Fsp3) is 0.333. The van der Waals surface area contributed by atoms with Crippen LogP contribution >= 0.6 is 0 Å². The quantitative estimate of drug-likeness (QED) is 0.627. The Balaban J connectivity index is 2.23. The number of aromatic nitrogens is 1. The molecule has 0 aliphatic carbocycles. The van der Waals surface area contributed by atoms with Gasteiger partial charge in [0.2, 0.25) is 17.6 Å². The Morgan fingerprint density at radius 2 is 2.38 bits per heavy atom. The molecule has 0 saturated carbocycles. The standard InChI is InChI=1S/C9H9N3O4/c1-5-8(14)11-7(13)4-12(5)9(15)6-2-3-10-16-6/h2-3,5H,4H2,1H3,(H,11,13,14). The van der Waals surface area contributed by atoms with Crippen LogP contribution in [0.1, 0.15) is 17.5 Å². The van der Waals surface area contributed by atoms with Crippen molar-refractivity contribution in [1.82, 2.24) is 15.4 Å². The van der Waals surface area contributed by atoms with Crippen molar-refractivity contribution in [1.29, 1.82) is 0 Å². The molecule has 84 valence electrons. The highest BCUT2D eigenvalue weighted by molar-refractivity contribution is 6.06. The maximum atomic E-state index is 11.8. The molecule has 7 heteroatoms. The molecule has 3 amide bonds. The van der Waals surface area contributed by atoms with Crippen molar-refractivity contribution < 1.29 is 18.9 Å². The van der Waals surface area contributed by atoms with Crippen LogP contribution < -0.4 is 5.32 Å². The Morgan fingerprint density at radius 1 is 1.62 bits per heavy atom. The second kappa shape index (κ2) is 3.76. The van der Waals surface area contributed by atoms with Crippen molar-refractivity contribution in [2.75, 3.05) is 6.54 Å². The van der Waals surface area contributed by atoms with Gasteiger partial charge in [-0.15, -0.1) is 0 Å². The first-order valence-corrected chi connectivity index (χ1v) is 4.65. The van der Waals surface area contributed by atoms with E-state index in [9.17, 15) is 14.4 Å². The first-order valence-electron chi connectivity index (χ1n) is 4.65. The highest BCUT2D eigenvalue weighted by Gasteiger charge is 2.35. The minimum absolute atomic E-state index is 0.00866. The van der Waals surface area contributed by atoms with Gasteiger partial charge in [0, 0.05) is 6.07 Å². The normalized spacial score (nSPS) is 20.8. The molecule has 1 aromatic heterocycles. The fourth-order valence-electron chi connectivity index (χ4n) is 1.43. The summed E-state index contributed by atoms with van der Waals surface area (Å²) in [5, 5.41) is 5.53. The number of hydrogen-bond donors (Lipinski definition) is 1. The van der Waals surface area contributed by atoms with E-state index in [-0.39, 0.29) is 12.3 Å². The highest BCUT2D eigenvalue weighted by Crippen LogP contribution is 2.10. The average Bonchev–Trinajstić information content (AvgIpc) is 2.75. The van der Waals surface area contributed by atoms with E-state index in [4.69, 9.17) is 0 Å². The van der Waals surface area contributed by atoms with Gasteiger partial charge in [0.1, 0.15) is 12.6 Å². The number of carbonyl (C=O) groups excluding carboxylic acids is 3. The zero-order chi connectivity index (χ0) is 11.7. The van der Waals surface area contributed by atoms with Crippen LogP contribution in [0.5, 0.6) is 0 Å². The van der Waals surface area contributed by atoms with Gasteiger partial charge < -0.3 is 9.42 Å². The molecule has 7 nitrogen and oxygen atoms in total. The van der Waals surface area contributed by atoms with E-state index in [1.807, 2.05) is 0 Å². The van der Waals surface area contributed by atoms with Crippen molar-refractivity contribution in [3.8, 4) is 0 Å². The van der Waals surface area contributed by atoms with E-state index in [0.29, 0.717) is 0 Å². The fourth-order valence-corrected chi connectivity index (χ4v) is 1.43. The van der Waals surface area contributed by atoms with Gasteiger partial charge in [0.05, 0.1) is 6.20 Å². The smallest absolute Gasteiger partial charge is 0.293 e. The van der Waals surface area contributed by atoms with Gasteiger partial charge in [0.25, 0.3) is 5.91 Å². The van der Waals surface area contributed by atoms with Crippen molar-refractivity contribution in [2.45, 2.75) is 13.0 Å². The Labute approximate surface area is 90.4 Å². The van der Waals surface area contributed by atoms with Crippen LogP contribution in [0.25, 0.3) is 0 Å². The zero-order valence-corrected chi connectivity index (χ0v) is 8.47. The summed E-state index contributed by atoms with van der Waals surface area (Å²) >= 11 is 0. The van der Waals surface area contributed by atoms with Gasteiger partial charge in [-0.05, 0) is 6.92 Å². The van der Waals surface area contributed by atoms with E-state index in [1.165, 1.54) is 19.2 Å². The predicted octanol–water partition coefficient (Wildman–Crippen LogP) is -0.838. The minimum atomic E-state index is -0.699. The predicted molar refractivity (Wildman–Crippen MR) is 50.2 cm³/mol. The van der Waals surface area contributed by atoms with Crippen LogP contribution in [0.3, 0.4) is 0 Å². The summed E-state index contributed by atoms with van der Waals surface area (Å²) in [5.41, 5.74) is 0. The molecule has 16 heavy (non-hydrogen) atoms. The molecule has 0 bridgehead atoms. The third kappa shape index (κ3) is 1.67. The molecule has 1 aliphatic heterocycles. The van der Waals surface area contributed by atoms with Crippen molar-refractivity contribution in [2.24, 2.45) is 0 Å². The summed E-state index contributed by atoms with van der Waals surface area (Å²) in [7, 11) is 0. The van der Waals surface area contributed by atoms with E-state index in [2.05, 4.69) is 15.0 Å². The van der Waals surface area contributed by atoms with Gasteiger partial charge in [-0.25, -0.2) is 0 Å².